The van der Waals surface area contributed by atoms with Crippen LogP contribution in [0.5, 0.6) is 0 Å². The zero-order valence-electron chi connectivity index (χ0n) is 21.1. The summed E-state index contributed by atoms with van der Waals surface area (Å²) in [4.78, 5) is 4.08. The molecule has 37 heavy (non-hydrogen) atoms. The molecule has 190 valence electrons. The Morgan fingerprint density at radius 2 is 1.73 bits per heavy atom. The minimum atomic E-state index is -0.499. The summed E-state index contributed by atoms with van der Waals surface area (Å²) < 4.78 is 12.4. The van der Waals surface area contributed by atoms with Crippen molar-refractivity contribution < 1.29 is 9.26 Å². The number of fused-ring (bicyclic) bond motifs is 3. The molecule has 0 N–H and O–H groups in total. The van der Waals surface area contributed by atoms with Gasteiger partial charge in [0.25, 0.3) is 0 Å². The lowest BCUT2D eigenvalue weighted by Gasteiger charge is -2.52. The van der Waals surface area contributed by atoms with Crippen LogP contribution in [-0.2, 0) is 15.8 Å². The first kappa shape index (κ1) is 24.7. The number of halogens is 2. The van der Waals surface area contributed by atoms with E-state index in [0.29, 0.717) is 33.8 Å². The van der Waals surface area contributed by atoms with Crippen molar-refractivity contribution in [3.05, 3.63) is 75.2 Å². The van der Waals surface area contributed by atoms with Gasteiger partial charge in [-0.1, -0.05) is 64.8 Å². The summed E-state index contributed by atoms with van der Waals surface area (Å²) in [5.74, 6) is 1.31. The molecule has 2 saturated carbocycles. The van der Waals surface area contributed by atoms with Crippen LogP contribution in [-0.4, -0.2) is 16.7 Å². The largest absolute Gasteiger partial charge is 0.369 e. The van der Waals surface area contributed by atoms with Gasteiger partial charge in [-0.05, 0) is 63.5 Å². The van der Waals surface area contributed by atoms with Crippen LogP contribution >= 0.6 is 23.2 Å². The van der Waals surface area contributed by atoms with Crippen LogP contribution in [0.4, 0.5) is 0 Å². The fourth-order valence-corrected chi connectivity index (χ4v) is 6.30. The van der Waals surface area contributed by atoms with Crippen LogP contribution in [0.25, 0.3) is 17.3 Å². The van der Waals surface area contributed by atoms with Gasteiger partial charge in [0, 0.05) is 34.9 Å². The predicted octanol–water partition coefficient (Wildman–Crippen LogP) is 8.22. The van der Waals surface area contributed by atoms with Crippen molar-refractivity contribution in [3.63, 3.8) is 0 Å². The molecule has 3 aromatic rings. The van der Waals surface area contributed by atoms with Crippen LogP contribution in [0.3, 0.4) is 0 Å². The van der Waals surface area contributed by atoms with Crippen molar-refractivity contribution in [2.24, 2.45) is 5.41 Å². The summed E-state index contributed by atoms with van der Waals surface area (Å²) in [5, 5.41) is 14.8. The van der Waals surface area contributed by atoms with Crippen LogP contribution in [0.2, 0.25) is 10.0 Å². The Kier molecular flexibility index (Phi) is 5.99. The van der Waals surface area contributed by atoms with Crippen molar-refractivity contribution in [2.45, 2.75) is 69.3 Å². The van der Waals surface area contributed by atoms with Crippen LogP contribution < -0.4 is 0 Å². The Hall–Kier alpha value is -2.65. The number of pyridine rings is 1. The van der Waals surface area contributed by atoms with Crippen molar-refractivity contribution in [1.82, 2.24) is 10.1 Å². The van der Waals surface area contributed by atoms with Gasteiger partial charge in [0.05, 0.1) is 33.7 Å². The third-order valence-electron chi connectivity index (χ3n) is 8.50. The number of hydrogen-bond acceptors (Lipinski definition) is 5. The molecule has 2 aliphatic carbocycles. The van der Waals surface area contributed by atoms with E-state index in [1.807, 2.05) is 13.8 Å². The number of benzene rings is 1. The molecule has 4 heterocycles. The fourth-order valence-electron chi connectivity index (χ4n) is 5.75. The summed E-state index contributed by atoms with van der Waals surface area (Å²) in [5.41, 5.74) is 3.78. The molecule has 4 aliphatic rings. The van der Waals surface area contributed by atoms with Crippen molar-refractivity contribution in [1.29, 1.82) is 5.26 Å². The van der Waals surface area contributed by atoms with Gasteiger partial charge < -0.3 is 9.26 Å². The molecule has 0 unspecified atom stereocenters. The lowest BCUT2D eigenvalue weighted by atomic mass is 9.64. The van der Waals surface area contributed by atoms with E-state index in [2.05, 4.69) is 52.6 Å². The highest BCUT2D eigenvalue weighted by molar-refractivity contribution is 6.39. The average Bonchev–Trinajstić information content (AvgIpc) is 3.68. The van der Waals surface area contributed by atoms with Crippen LogP contribution in [0, 0.1) is 16.7 Å². The molecule has 2 saturated heterocycles. The van der Waals surface area contributed by atoms with Crippen molar-refractivity contribution in [3.8, 4) is 17.3 Å². The Bertz CT molecular complexity index is 1370. The summed E-state index contributed by atoms with van der Waals surface area (Å²) in [6.45, 7) is 4.57. The molecule has 1 aromatic carbocycles. The first-order valence-corrected chi connectivity index (χ1v) is 13.7. The SMILES string of the molecule is CC(C)(C#N)c1ccc(C23CCC(/C=C/c4c(-c5c(Cl)cncc5Cl)noc4C4CC4)(CC2)CO3)cc1. The second-order valence-corrected chi connectivity index (χ2v) is 12.2. The topological polar surface area (TPSA) is 71.9 Å². The average molecular weight is 534 g/mol. The number of aromatic nitrogens is 2. The lowest BCUT2D eigenvalue weighted by Crippen LogP contribution is -2.48. The normalized spacial score (nSPS) is 25.5. The molecular weight excluding hydrogens is 505 g/mol. The molecular formula is C30H29Cl2N3O2. The smallest absolute Gasteiger partial charge is 0.147 e. The molecule has 5 nitrogen and oxygen atoms in total. The highest BCUT2D eigenvalue weighted by Gasteiger charge is 2.49. The fraction of sp³-hybridized carbons (Fsp3) is 0.433. The number of hydrogen-bond donors (Lipinski definition) is 0. The van der Waals surface area contributed by atoms with Crippen molar-refractivity contribution in [2.75, 3.05) is 6.61 Å². The van der Waals surface area contributed by atoms with Crippen LogP contribution in [0.1, 0.15) is 80.7 Å². The second-order valence-electron chi connectivity index (χ2n) is 11.4. The van der Waals surface area contributed by atoms with E-state index >= 15 is 0 Å². The van der Waals surface area contributed by atoms with Gasteiger partial charge in [-0.25, -0.2) is 0 Å². The molecule has 4 fully saturated rings. The lowest BCUT2D eigenvalue weighted by molar-refractivity contribution is -0.173. The van der Waals surface area contributed by atoms with Gasteiger partial charge in [-0.2, -0.15) is 5.26 Å². The molecule has 7 rings (SSSR count). The quantitative estimate of drug-likeness (QED) is 0.319. The van der Waals surface area contributed by atoms with Gasteiger partial charge in [0.15, 0.2) is 0 Å². The number of nitrogens with zero attached hydrogens (tertiary/aromatic N) is 3. The summed E-state index contributed by atoms with van der Waals surface area (Å²) >= 11 is 13.0. The monoisotopic (exact) mass is 533 g/mol. The van der Waals surface area contributed by atoms with E-state index in [9.17, 15) is 5.26 Å². The first-order chi connectivity index (χ1) is 17.8. The highest BCUT2D eigenvalue weighted by atomic mass is 35.5. The highest BCUT2D eigenvalue weighted by Crippen LogP contribution is 2.55. The van der Waals surface area contributed by atoms with E-state index in [1.54, 1.807) is 12.4 Å². The van der Waals surface area contributed by atoms with Gasteiger partial charge in [0.1, 0.15) is 11.5 Å². The second kappa shape index (κ2) is 8.98. The molecule has 0 atom stereocenters. The summed E-state index contributed by atoms with van der Waals surface area (Å²) in [7, 11) is 0. The van der Waals surface area contributed by atoms with Gasteiger partial charge in [-0.3, -0.25) is 4.98 Å². The van der Waals surface area contributed by atoms with Crippen LogP contribution in [0.15, 0.2) is 47.3 Å². The number of nitriles is 1. The Morgan fingerprint density at radius 1 is 1.05 bits per heavy atom. The van der Waals surface area contributed by atoms with Gasteiger partial charge in [0.2, 0.25) is 0 Å². The first-order valence-electron chi connectivity index (χ1n) is 12.9. The Labute approximate surface area is 227 Å². The Balaban J connectivity index is 1.26. The number of ether oxygens (including phenoxy) is 1. The van der Waals surface area contributed by atoms with Gasteiger partial charge in [-0.15, -0.1) is 0 Å². The molecule has 2 aliphatic heterocycles. The molecule has 0 radical (unpaired) electrons. The zero-order chi connectivity index (χ0) is 25.8. The number of rotatable bonds is 6. The molecule has 2 aromatic heterocycles. The zero-order valence-corrected chi connectivity index (χ0v) is 22.6. The third kappa shape index (κ3) is 4.30. The minimum Gasteiger partial charge on any atom is -0.369 e. The standard InChI is InChI=1S/C30H29Cl2N3O2/c1-28(2,17-33)20-5-7-21(8-6-20)30-13-11-29(12-14-30,18-36-30)10-9-22-26(35-37-27(22)19-3-4-19)25-23(31)15-34-16-24(25)32/h5-10,15-16,19H,3-4,11-14,18H2,1-2H3/b10-9+. The summed E-state index contributed by atoms with van der Waals surface area (Å²) in [6, 6.07) is 10.8. The van der Waals surface area contributed by atoms with Gasteiger partial charge >= 0.3 is 0 Å². The molecule has 0 amide bonds. The Morgan fingerprint density at radius 3 is 2.30 bits per heavy atom. The summed E-state index contributed by atoms with van der Waals surface area (Å²) in [6.07, 6.45) is 13.9. The maximum Gasteiger partial charge on any atom is 0.147 e. The molecule has 0 spiro atoms. The van der Waals surface area contributed by atoms with E-state index in [1.165, 1.54) is 5.56 Å². The molecule has 2 bridgehead atoms. The van der Waals surface area contributed by atoms with Crippen molar-refractivity contribution >= 4 is 29.3 Å². The van der Waals surface area contributed by atoms with E-state index in [0.717, 1.165) is 55.4 Å². The minimum absolute atomic E-state index is 0.0221. The third-order valence-corrected chi connectivity index (χ3v) is 9.07. The van der Waals surface area contributed by atoms with E-state index < -0.39 is 5.41 Å². The van der Waals surface area contributed by atoms with E-state index in [4.69, 9.17) is 32.5 Å². The maximum atomic E-state index is 9.47. The van der Waals surface area contributed by atoms with E-state index in [-0.39, 0.29) is 11.0 Å². The molecule has 7 heteroatoms. The maximum absolute atomic E-state index is 9.47. The predicted molar refractivity (Wildman–Crippen MR) is 144 cm³/mol.